The average molecular weight is 430 g/mol. The van der Waals surface area contributed by atoms with Crippen LogP contribution in [0.25, 0.3) is 0 Å². The molecule has 0 fully saturated rings. The molecule has 2 N–H and O–H groups in total. The van der Waals surface area contributed by atoms with Crippen LogP contribution in [0.5, 0.6) is 0 Å². The van der Waals surface area contributed by atoms with E-state index in [4.69, 9.17) is 23.2 Å². The fraction of sp³-hybridized carbons (Fsp3) is 0. The number of nitro benzene ring substituents is 1. The maximum Gasteiger partial charge on any atom is 0.282 e. The van der Waals surface area contributed by atoms with E-state index in [1.807, 2.05) is 0 Å². The fourth-order valence-corrected chi connectivity index (χ4v) is 3.06. The lowest BCUT2D eigenvalue weighted by Crippen LogP contribution is -2.15. The molecule has 0 saturated heterocycles. The molecular formula is C20H13Cl2N3O4. The van der Waals surface area contributed by atoms with Crippen LogP contribution in [0.15, 0.2) is 66.7 Å². The number of carbonyl (C=O) groups is 2. The summed E-state index contributed by atoms with van der Waals surface area (Å²) in [7, 11) is 0. The van der Waals surface area contributed by atoms with E-state index in [9.17, 15) is 19.7 Å². The van der Waals surface area contributed by atoms with E-state index < -0.39 is 16.7 Å². The van der Waals surface area contributed by atoms with Crippen molar-refractivity contribution >= 4 is 52.1 Å². The standard InChI is InChI=1S/C20H13Cl2N3O4/c21-12-8-9-15(17(22)10-12)19(26)23-13-4-3-5-14(11-13)24-20(27)16-6-1-2-7-18(16)25(28)29/h1-11H,(H,23,26)(H,24,27). The maximum absolute atomic E-state index is 12.4. The van der Waals surface area contributed by atoms with Gasteiger partial charge in [0.15, 0.2) is 0 Å². The van der Waals surface area contributed by atoms with Gasteiger partial charge in [-0.2, -0.15) is 0 Å². The quantitative estimate of drug-likeness (QED) is 0.418. The molecule has 0 bridgehead atoms. The number of hydrogen-bond donors (Lipinski definition) is 2. The number of para-hydroxylation sites is 1. The highest BCUT2D eigenvalue weighted by molar-refractivity contribution is 6.37. The highest BCUT2D eigenvalue weighted by Crippen LogP contribution is 2.24. The van der Waals surface area contributed by atoms with Gasteiger partial charge >= 0.3 is 0 Å². The third-order valence-electron chi connectivity index (χ3n) is 3.90. The van der Waals surface area contributed by atoms with E-state index in [0.717, 1.165) is 0 Å². The number of benzene rings is 3. The minimum atomic E-state index is -0.637. The first kappa shape index (κ1) is 20.3. The summed E-state index contributed by atoms with van der Waals surface area (Å²) in [5, 5.41) is 17.0. The number of carbonyl (C=O) groups excluding carboxylic acids is 2. The topological polar surface area (TPSA) is 101 Å². The Bertz CT molecular complexity index is 1120. The molecule has 0 aliphatic heterocycles. The molecule has 0 atom stereocenters. The zero-order chi connectivity index (χ0) is 21.0. The van der Waals surface area contributed by atoms with Crippen molar-refractivity contribution in [3.8, 4) is 0 Å². The number of nitrogens with one attached hydrogen (secondary N) is 2. The van der Waals surface area contributed by atoms with E-state index in [2.05, 4.69) is 10.6 Å². The van der Waals surface area contributed by atoms with Crippen molar-refractivity contribution in [2.75, 3.05) is 10.6 Å². The van der Waals surface area contributed by atoms with Crippen molar-refractivity contribution in [1.29, 1.82) is 0 Å². The average Bonchev–Trinajstić information content (AvgIpc) is 2.68. The third kappa shape index (κ3) is 4.90. The van der Waals surface area contributed by atoms with Gasteiger partial charge in [-0.15, -0.1) is 0 Å². The van der Waals surface area contributed by atoms with Crippen LogP contribution < -0.4 is 10.6 Å². The van der Waals surface area contributed by atoms with Gasteiger partial charge in [0.05, 0.1) is 15.5 Å². The number of hydrogen-bond acceptors (Lipinski definition) is 4. The number of nitrogens with zero attached hydrogens (tertiary/aromatic N) is 1. The number of nitro groups is 1. The highest BCUT2D eigenvalue weighted by atomic mass is 35.5. The molecule has 3 aromatic carbocycles. The third-order valence-corrected chi connectivity index (χ3v) is 4.45. The minimum absolute atomic E-state index is 0.0696. The van der Waals surface area contributed by atoms with Gasteiger partial charge < -0.3 is 10.6 Å². The summed E-state index contributed by atoms with van der Waals surface area (Å²) in [6, 6.07) is 16.5. The monoisotopic (exact) mass is 429 g/mol. The maximum atomic E-state index is 12.4. The van der Waals surface area contributed by atoms with Crippen LogP contribution in [0.4, 0.5) is 17.1 Å². The molecule has 3 rings (SSSR count). The first-order valence-electron chi connectivity index (χ1n) is 8.26. The molecule has 0 aliphatic carbocycles. The van der Waals surface area contributed by atoms with Crippen LogP contribution in [0.2, 0.25) is 10.0 Å². The Morgan fingerprint density at radius 1 is 0.793 bits per heavy atom. The second-order valence-electron chi connectivity index (χ2n) is 5.89. The fourth-order valence-electron chi connectivity index (χ4n) is 2.57. The Balaban J connectivity index is 1.77. The van der Waals surface area contributed by atoms with Crippen LogP contribution in [0, 0.1) is 10.1 Å². The first-order valence-corrected chi connectivity index (χ1v) is 9.02. The van der Waals surface area contributed by atoms with E-state index >= 15 is 0 Å². The first-order chi connectivity index (χ1) is 13.8. The van der Waals surface area contributed by atoms with Crippen molar-refractivity contribution in [2.45, 2.75) is 0 Å². The summed E-state index contributed by atoms with van der Waals surface area (Å²) in [6.45, 7) is 0. The van der Waals surface area contributed by atoms with Gasteiger partial charge in [0.1, 0.15) is 5.56 Å². The normalized spacial score (nSPS) is 10.3. The second-order valence-corrected chi connectivity index (χ2v) is 6.73. The number of rotatable bonds is 5. The molecule has 0 saturated carbocycles. The SMILES string of the molecule is O=C(Nc1cccc(NC(=O)c2ccccc2[N+](=O)[O-])c1)c1ccc(Cl)cc1Cl. The molecule has 9 heteroatoms. The predicted octanol–water partition coefficient (Wildman–Crippen LogP) is 5.41. The van der Waals surface area contributed by atoms with Gasteiger partial charge in [-0.25, -0.2) is 0 Å². The van der Waals surface area contributed by atoms with Crippen molar-refractivity contribution < 1.29 is 14.5 Å². The van der Waals surface area contributed by atoms with E-state index in [-0.39, 0.29) is 21.8 Å². The molecule has 29 heavy (non-hydrogen) atoms. The summed E-state index contributed by atoms with van der Waals surface area (Å²) in [6.07, 6.45) is 0. The Kier molecular flexibility index (Phi) is 6.11. The molecule has 0 aromatic heterocycles. The van der Waals surface area contributed by atoms with Gasteiger partial charge in [0.25, 0.3) is 17.5 Å². The summed E-state index contributed by atoms with van der Waals surface area (Å²) >= 11 is 11.9. The molecule has 0 aliphatic rings. The van der Waals surface area contributed by atoms with Crippen LogP contribution in [0.1, 0.15) is 20.7 Å². The van der Waals surface area contributed by atoms with E-state index in [1.54, 1.807) is 24.3 Å². The lowest BCUT2D eigenvalue weighted by molar-refractivity contribution is -0.385. The van der Waals surface area contributed by atoms with Gasteiger partial charge in [-0.3, -0.25) is 19.7 Å². The van der Waals surface area contributed by atoms with Gasteiger partial charge in [0.2, 0.25) is 0 Å². The molecule has 146 valence electrons. The minimum Gasteiger partial charge on any atom is -0.322 e. The molecule has 3 aromatic rings. The van der Waals surface area contributed by atoms with Crippen LogP contribution in [-0.2, 0) is 0 Å². The molecule has 7 nitrogen and oxygen atoms in total. The zero-order valence-electron chi connectivity index (χ0n) is 14.7. The summed E-state index contributed by atoms with van der Waals surface area (Å²) < 4.78 is 0. The van der Waals surface area contributed by atoms with Crippen LogP contribution in [0.3, 0.4) is 0 Å². The van der Waals surface area contributed by atoms with E-state index in [1.165, 1.54) is 42.5 Å². The van der Waals surface area contributed by atoms with Gasteiger partial charge in [-0.05, 0) is 42.5 Å². The lowest BCUT2D eigenvalue weighted by Gasteiger charge is -2.10. The number of halogens is 2. The van der Waals surface area contributed by atoms with Gasteiger partial charge in [-0.1, -0.05) is 41.4 Å². The molecule has 0 unspecified atom stereocenters. The van der Waals surface area contributed by atoms with Gasteiger partial charge in [0, 0.05) is 22.5 Å². The predicted molar refractivity (Wildman–Crippen MR) is 112 cm³/mol. The molecule has 0 heterocycles. The summed E-state index contributed by atoms with van der Waals surface area (Å²) in [5.74, 6) is -1.09. The molecule has 2 amide bonds. The van der Waals surface area contributed by atoms with E-state index in [0.29, 0.717) is 16.4 Å². The second kappa shape index (κ2) is 8.72. The Labute approximate surface area is 175 Å². The van der Waals surface area contributed by atoms with Crippen molar-refractivity contribution in [1.82, 2.24) is 0 Å². The Morgan fingerprint density at radius 2 is 1.41 bits per heavy atom. The Hall–Kier alpha value is -3.42. The molecule has 0 spiro atoms. The van der Waals surface area contributed by atoms with Crippen molar-refractivity contribution in [3.05, 3.63) is 98.0 Å². The van der Waals surface area contributed by atoms with Crippen LogP contribution in [-0.4, -0.2) is 16.7 Å². The summed E-state index contributed by atoms with van der Waals surface area (Å²) in [4.78, 5) is 35.3. The number of anilines is 2. The smallest absolute Gasteiger partial charge is 0.282 e. The zero-order valence-corrected chi connectivity index (χ0v) is 16.2. The number of amides is 2. The lowest BCUT2D eigenvalue weighted by atomic mass is 10.1. The Morgan fingerprint density at radius 3 is 2.03 bits per heavy atom. The largest absolute Gasteiger partial charge is 0.322 e. The van der Waals surface area contributed by atoms with Crippen LogP contribution >= 0.6 is 23.2 Å². The van der Waals surface area contributed by atoms with Crippen molar-refractivity contribution in [3.63, 3.8) is 0 Å². The molecular weight excluding hydrogens is 417 g/mol. The summed E-state index contributed by atoms with van der Waals surface area (Å²) in [5.41, 5.74) is 0.631. The van der Waals surface area contributed by atoms with Crippen molar-refractivity contribution in [2.24, 2.45) is 0 Å². The highest BCUT2D eigenvalue weighted by Gasteiger charge is 2.19. The molecule has 0 radical (unpaired) electrons.